The van der Waals surface area contributed by atoms with Crippen molar-refractivity contribution in [1.29, 1.82) is 0 Å². The molecule has 8 heteroatoms. The summed E-state index contributed by atoms with van der Waals surface area (Å²) in [6.45, 7) is 0. The van der Waals surface area contributed by atoms with Crippen molar-refractivity contribution in [2.45, 2.75) is 4.90 Å². The SMILES string of the molecule is NS(=O)(=O)c1ccc2nc(C(=O)O)cn2c1. The number of carbonyl (C=O) groups is 1. The van der Waals surface area contributed by atoms with Crippen LogP contribution in [0.3, 0.4) is 0 Å². The molecule has 2 heterocycles. The zero-order chi connectivity index (χ0) is 11.9. The van der Waals surface area contributed by atoms with E-state index in [1.54, 1.807) is 0 Å². The number of nitrogens with zero attached hydrogens (tertiary/aromatic N) is 2. The Morgan fingerprint density at radius 2 is 2.06 bits per heavy atom. The van der Waals surface area contributed by atoms with Crippen LogP contribution in [-0.4, -0.2) is 28.9 Å². The number of pyridine rings is 1. The van der Waals surface area contributed by atoms with Gasteiger partial charge in [-0.15, -0.1) is 0 Å². The van der Waals surface area contributed by atoms with Crippen molar-refractivity contribution in [3.05, 3.63) is 30.2 Å². The molecule has 0 aliphatic heterocycles. The highest BCUT2D eigenvalue weighted by molar-refractivity contribution is 7.89. The summed E-state index contributed by atoms with van der Waals surface area (Å²) < 4.78 is 23.4. The number of hydrogen-bond acceptors (Lipinski definition) is 4. The van der Waals surface area contributed by atoms with Crippen molar-refractivity contribution < 1.29 is 18.3 Å². The Morgan fingerprint density at radius 3 is 2.62 bits per heavy atom. The van der Waals surface area contributed by atoms with Gasteiger partial charge in [-0.2, -0.15) is 0 Å². The van der Waals surface area contributed by atoms with Gasteiger partial charge >= 0.3 is 5.97 Å². The highest BCUT2D eigenvalue weighted by Crippen LogP contribution is 2.10. The van der Waals surface area contributed by atoms with Crippen molar-refractivity contribution in [2.75, 3.05) is 0 Å². The molecule has 0 unspecified atom stereocenters. The van der Waals surface area contributed by atoms with Gasteiger partial charge in [-0.3, -0.25) is 0 Å². The molecule has 0 atom stereocenters. The van der Waals surface area contributed by atoms with E-state index >= 15 is 0 Å². The summed E-state index contributed by atoms with van der Waals surface area (Å²) in [4.78, 5) is 14.3. The minimum absolute atomic E-state index is 0.102. The second-order valence-electron chi connectivity index (χ2n) is 3.11. The summed E-state index contributed by atoms with van der Waals surface area (Å²) in [7, 11) is -3.80. The van der Waals surface area contributed by atoms with Gasteiger partial charge in [-0.05, 0) is 12.1 Å². The maximum atomic E-state index is 11.0. The third-order valence-electron chi connectivity index (χ3n) is 1.97. The molecular formula is C8H7N3O4S. The van der Waals surface area contributed by atoms with E-state index in [0.717, 1.165) is 0 Å². The Labute approximate surface area is 90.2 Å². The molecule has 0 aromatic carbocycles. The van der Waals surface area contributed by atoms with E-state index in [0.29, 0.717) is 5.65 Å². The number of fused-ring (bicyclic) bond motifs is 1. The molecule has 0 saturated carbocycles. The van der Waals surface area contributed by atoms with E-state index in [1.807, 2.05) is 0 Å². The van der Waals surface area contributed by atoms with Gasteiger partial charge in [-0.1, -0.05) is 0 Å². The molecule has 2 rings (SSSR count). The minimum atomic E-state index is -3.80. The zero-order valence-corrected chi connectivity index (χ0v) is 8.68. The second kappa shape index (κ2) is 3.29. The second-order valence-corrected chi connectivity index (χ2v) is 4.67. The highest BCUT2D eigenvalue weighted by Gasteiger charge is 2.12. The molecule has 16 heavy (non-hydrogen) atoms. The number of sulfonamides is 1. The van der Waals surface area contributed by atoms with E-state index in [4.69, 9.17) is 10.2 Å². The molecule has 0 amide bonds. The molecule has 0 aliphatic carbocycles. The fourth-order valence-electron chi connectivity index (χ4n) is 1.24. The van der Waals surface area contributed by atoms with Crippen LogP contribution in [0.15, 0.2) is 29.4 Å². The van der Waals surface area contributed by atoms with Crippen LogP contribution in [0.5, 0.6) is 0 Å². The molecule has 0 aliphatic rings. The topological polar surface area (TPSA) is 115 Å². The first-order chi connectivity index (χ1) is 7.38. The van der Waals surface area contributed by atoms with Gasteiger partial charge in [0.1, 0.15) is 5.65 Å². The number of imidazole rings is 1. The van der Waals surface area contributed by atoms with E-state index in [-0.39, 0.29) is 10.6 Å². The normalized spacial score (nSPS) is 11.8. The van der Waals surface area contributed by atoms with Crippen LogP contribution in [0.25, 0.3) is 5.65 Å². The lowest BCUT2D eigenvalue weighted by atomic mass is 10.5. The Bertz CT molecular complexity index is 674. The Kier molecular flexibility index (Phi) is 2.17. The lowest BCUT2D eigenvalue weighted by molar-refractivity contribution is 0.0691. The summed E-state index contributed by atoms with van der Waals surface area (Å²) in [6.07, 6.45) is 2.43. The first-order valence-electron chi connectivity index (χ1n) is 4.13. The number of primary sulfonamides is 1. The molecule has 0 radical (unpaired) electrons. The van der Waals surface area contributed by atoms with Crippen LogP contribution in [0, 0.1) is 0 Å². The molecule has 0 fully saturated rings. The van der Waals surface area contributed by atoms with Crippen LogP contribution in [0.2, 0.25) is 0 Å². The fraction of sp³-hybridized carbons (Fsp3) is 0. The molecule has 84 valence electrons. The summed E-state index contributed by atoms with van der Waals surface area (Å²) in [5, 5.41) is 13.6. The van der Waals surface area contributed by atoms with Gasteiger partial charge < -0.3 is 9.51 Å². The number of hydrogen-bond donors (Lipinski definition) is 2. The molecular weight excluding hydrogens is 234 g/mol. The lowest BCUT2D eigenvalue weighted by Gasteiger charge is -1.98. The van der Waals surface area contributed by atoms with Crippen LogP contribution in [0.1, 0.15) is 10.5 Å². The smallest absolute Gasteiger partial charge is 0.356 e. The van der Waals surface area contributed by atoms with Gasteiger partial charge in [0.25, 0.3) is 0 Å². The number of aromatic carboxylic acids is 1. The third-order valence-corrected chi connectivity index (χ3v) is 2.87. The Hall–Kier alpha value is -1.93. The maximum absolute atomic E-state index is 11.0. The molecule has 3 N–H and O–H groups in total. The van der Waals surface area contributed by atoms with Crippen LogP contribution < -0.4 is 5.14 Å². The highest BCUT2D eigenvalue weighted by atomic mass is 32.2. The average molecular weight is 241 g/mol. The molecule has 2 aromatic heterocycles. The summed E-state index contributed by atoms with van der Waals surface area (Å²) in [6, 6.07) is 2.65. The monoisotopic (exact) mass is 241 g/mol. The predicted molar refractivity (Wildman–Crippen MR) is 53.5 cm³/mol. The standard InChI is InChI=1S/C8H7N3O4S/c9-16(14,15)5-1-2-7-10-6(8(12)13)4-11(7)3-5/h1-4H,(H,12,13)(H2,9,14,15). The largest absolute Gasteiger partial charge is 0.476 e. The first-order valence-corrected chi connectivity index (χ1v) is 5.67. The Balaban J connectivity index is 2.67. The van der Waals surface area contributed by atoms with Crippen LogP contribution in [-0.2, 0) is 10.0 Å². The van der Waals surface area contributed by atoms with Crippen molar-refractivity contribution in [3.63, 3.8) is 0 Å². The van der Waals surface area contributed by atoms with Crippen molar-refractivity contribution in [1.82, 2.24) is 9.38 Å². The number of carboxylic acids is 1. The zero-order valence-electron chi connectivity index (χ0n) is 7.86. The molecule has 0 spiro atoms. The number of aromatic nitrogens is 2. The summed E-state index contributed by atoms with van der Waals surface area (Å²) in [5.41, 5.74) is 0.177. The number of nitrogens with two attached hydrogens (primary N) is 1. The lowest BCUT2D eigenvalue weighted by Crippen LogP contribution is -2.12. The van der Waals surface area contributed by atoms with Crippen molar-refractivity contribution >= 4 is 21.6 Å². The molecule has 2 aromatic rings. The van der Waals surface area contributed by atoms with Crippen LogP contribution >= 0.6 is 0 Å². The summed E-state index contributed by atoms with van der Waals surface area (Å²) >= 11 is 0. The quantitative estimate of drug-likeness (QED) is 0.747. The predicted octanol–water partition coefficient (Wildman–Crippen LogP) is -0.320. The van der Waals surface area contributed by atoms with Crippen molar-refractivity contribution in [3.8, 4) is 0 Å². The van der Waals surface area contributed by atoms with E-state index in [1.165, 1.54) is 28.9 Å². The van der Waals surface area contributed by atoms with Gasteiger partial charge in [-0.25, -0.2) is 23.3 Å². The summed E-state index contributed by atoms with van der Waals surface area (Å²) in [5.74, 6) is -1.18. The minimum Gasteiger partial charge on any atom is -0.476 e. The van der Waals surface area contributed by atoms with Crippen molar-refractivity contribution in [2.24, 2.45) is 5.14 Å². The molecule has 0 saturated heterocycles. The van der Waals surface area contributed by atoms with Gasteiger partial charge in [0.05, 0.1) is 4.90 Å². The molecule has 7 nitrogen and oxygen atoms in total. The average Bonchev–Trinajstić information content (AvgIpc) is 2.58. The van der Waals surface area contributed by atoms with E-state index in [9.17, 15) is 13.2 Å². The van der Waals surface area contributed by atoms with Gasteiger partial charge in [0, 0.05) is 12.4 Å². The van der Waals surface area contributed by atoms with Gasteiger partial charge in [0.15, 0.2) is 5.69 Å². The molecule has 0 bridgehead atoms. The Morgan fingerprint density at radius 1 is 1.38 bits per heavy atom. The van der Waals surface area contributed by atoms with E-state index < -0.39 is 16.0 Å². The van der Waals surface area contributed by atoms with Gasteiger partial charge in [0.2, 0.25) is 10.0 Å². The van der Waals surface area contributed by atoms with E-state index in [2.05, 4.69) is 4.98 Å². The number of carboxylic acid groups (broad SMARTS) is 1. The maximum Gasteiger partial charge on any atom is 0.356 e. The third kappa shape index (κ3) is 1.75. The number of rotatable bonds is 2. The first kappa shape index (κ1) is 10.6. The van der Waals surface area contributed by atoms with Crippen LogP contribution in [0.4, 0.5) is 0 Å². The fourth-order valence-corrected chi connectivity index (χ4v) is 1.76.